The maximum atomic E-state index is 6.85. The number of furan rings is 1. The van der Waals surface area contributed by atoms with Gasteiger partial charge in [-0.1, -0.05) is 152 Å². The highest BCUT2D eigenvalue weighted by atomic mass is 16.3. The second-order valence-corrected chi connectivity index (χ2v) is 14.5. The van der Waals surface area contributed by atoms with Gasteiger partial charge in [0.05, 0.1) is 11.0 Å². The van der Waals surface area contributed by atoms with Gasteiger partial charge < -0.3 is 13.9 Å². The van der Waals surface area contributed by atoms with Crippen molar-refractivity contribution in [2.24, 2.45) is 0 Å². The van der Waals surface area contributed by atoms with Gasteiger partial charge in [0.2, 0.25) is 0 Å². The summed E-state index contributed by atoms with van der Waals surface area (Å²) in [5.41, 5.74) is 15.4. The van der Waals surface area contributed by atoms with Crippen LogP contribution in [0.3, 0.4) is 0 Å². The van der Waals surface area contributed by atoms with Gasteiger partial charge in [0.1, 0.15) is 5.58 Å². The molecule has 0 aliphatic rings. The summed E-state index contributed by atoms with van der Waals surface area (Å²) < 4.78 is 9.20. The number of nitrogens with zero attached hydrogens (tertiary/aromatic N) is 2. The van der Waals surface area contributed by atoms with Crippen LogP contribution >= 0.6 is 0 Å². The lowest BCUT2D eigenvalue weighted by molar-refractivity contribution is 0.671. The van der Waals surface area contributed by atoms with Crippen LogP contribution < -0.4 is 4.90 Å². The monoisotopic (exact) mass is 728 g/mol. The third-order valence-corrected chi connectivity index (χ3v) is 11.2. The van der Waals surface area contributed by atoms with Crippen LogP contribution in [0.25, 0.3) is 82.8 Å². The van der Waals surface area contributed by atoms with E-state index in [1.807, 2.05) is 0 Å². The van der Waals surface area contributed by atoms with Gasteiger partial charge in [0.25, 0.3) is 0 Å². The Morgan fingerprint density at radius 1 is 0.368 bits per heavy atom. The number of hydrogen-bond donors (Lipinski definition) is 0. The van der Waals surface area contributed by atoms with E-state index in [1.54, 1.807) is 0 Å². The first-order chi connectivity index (χ1) is 28.3. The Morgan fingerprint density at radius 3 is 1.40 bits per heavy atom. The van der Waals surface area contributed by atoms with Crippen molar-refractivity contribution in [3.05, 3.63) is 218 Å². The first-order valence-electron chi connectivity index (χ1n) is 19.4. The van der Waals surface area contributed by atoms with Crippen LogP contribution in [0, 0.1) is 0 Å². The third kappa shape index (κ3) is 5.60. The van der Waals surface area contributed by atoms with Crippen LogP contribution in [0.2, 0.25) is 0 Å². The van der Waals surface area contributed by atoms with Crippen molar-refractivity contribution in [1.29, 1.82) is 0 Å². The molecule has 3 heteroatoms. The molecule has 0 fully saturated rings. The number of benzene rings is 9. The van der Waals surface area contributed by atoms with Crippen molar-refractivity contribution < 1.29 is 4.42 Å². The van der Waals surface area contributed by atoms with Crippen LogP contribution in [-0.2, 0) is 0 Å². The summed E-state index contributed by atoms with van der Waals surface area (Å²) in [6.45, 7) is 0. The number of fused-ring (bicyclic) bond motifs is 7. The third-order valence-electron chi connectivity index (χ3n) is 11.2. The molecule has 0 aliphatic carbocycles. The van der Waals surface area contributed by atoms with Gasteiger partial charge in [-0.25, -0.2) is 0 Å². The quantitative estimate of drug-likeness (QED) is 0.163. The second kappa shape index (κ2) is 13.6. The van der Waals surface area contributed by atoms with Gasteiger partial charge >= 0.3 is 0 Å². The summed E-state index contributed by atoms with van der Waals surface area (Å²) in [5.74, 6) is 0. The number of para-hydroxylation sites is 3. The van der Waals surface area contributed by atoms with E-state index in [9.17, 15) is 0 Å². The predicted molar refractivity (Wildman–Crippen MR) is 239 cm³/mol. The molecule has 11 aromatic rings. The summed E-state index contributed by atoms with van der Waals surface area (Å²) in [4.78, 5) is 2.34. The predicted octanol–water partition coefficient (Wildman–Crippen LogP) is 15.2. The standard InChI is InChI=1S/C54H36N2O/c1-4-14-37(15-5-1)39-24-30-43(31-25-39)55(44-32-26-40(27-33-44)38-16-6-2-7-17-38)45-34-28-41(29-35-45)48-36-49-46-20-10-12-22-50(46)56(42-18-8-3-9-19-42)53(49)54-52(48)47-21-11-13-23-51(47)57-54/h1-36H. The Morgan fingerprint density at radius 2 is 0.825 bits per heavy atom. The van der Waals surface area contributed by atoms with Crippen LogP contribution in [0.15, 0.2) is 223 Å². The highest BCUT2D eigenvalue weighted by molar-refractivity contribution is 6.26. The summed E-state index contributed by atoms with van der Waals surface area (Å²) in [7, 11) is 0. The van der Waals surface area contributed by atoms with Gasteiger partial charge in [0, 0.05) is 44.3 Å². The molecule has 0 bridgehead atoms. The molecule has 0 aliphatic heterocycles. The zero-order valence-electron chi connectivity index (χ0n) is 31.1. The Kier molecular flexibility index (Phi) is 7.82. The van der Waals surface area contributed by atoms with Crippen molar-refractivity contribution >= 4 is 60.8 Å². The molecule has 2 aromatic heterocycles. The maximum Gasteiger partial charge on any atom is 0.160 e. The highest BCUT2D eigenvalue weighted by Crippen LogP contribution is 2.46. The van der Waals surface area contributed by atoms with E-state index in [-0.39, 0.29) is 0 Å². The SMILES string of the molecule is c1ccc(-c2ccc(N(c3ccc(-c4ccccc4)cc3)c3ccc(-c4cc5c6ccccc6n(-c6ccccc6)c5c5oc6ccccc6c45)cc3)cc2)cc1. The van der Waals surface area contributed by atoms with Gasteiger partial charge in [-0.05, 0) is 100 Å². The zero-order chi connectivity index (χ0) is 37.7. The number of anilines is 3. The maximum absolute atomic E-state index is 6.85. The average molecular weight is 729 g/mol. The van der Waals surface area contributed by atoms with E-state index >= 15 is 0 Å². The molecule has 57 heavy (non-hydrogen) atoms. The van der Waals surface area contributed by atoms with Gasteiger partial charge in [-0.15, -0.1) is 0 Å². The van der Waals surface area contributed by atoms with Crippen LogP contribution in [-0.4, -0.2) is 4.57 Å². The molecule has 2 heterocycles. The second-order valence-electron chi connectivity index (χ2n) is 14.5. The minimum absolute atomic E-state index is 0.881. The van der Waals surface area contributed by atoms with Crippen LogP contribution in [0.1, 0.15) is 0 Å². The zero-order valence-corrected chi connectivity index (χ0v) is 31.1. The highest BCUT2D eigenvalue weighted by Gasteiger charge is 2.23. The molecule has 0 atom stereocenters. The molecule has 0 radical (unpaired) electrons. The number of rotatable bonds is 7. The molecular formula is C54H36N2O. The molecule has 3 nitrogen and oxygen atoms in total. The van der Waals surface area contributed by atoms with E-state index in [0.29, 0.717) is 0 Å². The van der Waals surface area contributed by atoms with Crippen molar-refractivity contribution in [3.63, 3.8) is 0 Å². The van der Waals surface area contributed by atoms with E-state index in [1.165, 1.54) is 33.0 Å². The first kappa shape index (κ1) is 32.8. The molecule has 268 valence electrons. The number of hydrogen-bond acceptors (Lipinski definition) is 2. The summed E-state index contributed by atoms with van der Waals surface area (Å²) >= 11 is 0. The molecule has 0 amide bonds. The van der Waals surface area contributed by atoms with Crippen LogP contribution in [0.4, 0.5) is 17.1 Å². The summed E-state index contributed by atoms with van der Waals surface area (Å²) in [5, 5.41) is 4.59. The van der Waals surface area contributed by atoms with Crippen molar-refractivity contribution in [2.75, 3.05) is 4.90 Å². The average Bonchev–Trinajstić information content (AvgIpc) is 3.84. The van der Waals surface area contributed by atoms with Crippen molar-refractivity contribution in [2.45, 2.75) is 0 Å². The van der Waals surface area contributed by atoms with Gasteiger partial charge in [-0.3, -0.25) is 0 Å². The topological polar surface area (TPSA) is 21.3 Å². The van der Waals surface area contributed by atoms with Crippen molar-refractivity contribution in [1.82, 2.24) is 4.57 Å². The minimum Gasteiger partial charge on any atom is -0.454 e. The van der Waals surface area contributed by atoms with E-state index in [2.05, 4.69) is 228 Å². The molecule has 0 spiro atoms. The fourth-order valence-electron chi connectivity index (χ4n) is 8.51. The minimum atomic E-state index is 0.881. The molecule has 0 saturated carbocycles. The Labute approximate surface area is 330 Å². The van der Waals surface area contributed by atoms with E-state index < -0.39 is 0 Å². The van der Waals surface area contributed by atoms with E-state index in [0.717, 1.165) is 66.8 Å². The van der Waals surface area contributed by atoms with Crippen molar-refractivity contribution in [3.8, 4) is 39.1 Å². The molecule has 0 unspecified atom stereocenters. The molecular weight excluding hydrogens is 693 g/mol. The van der Waals surface area contributed by atoms with Gasteiger partial charge in [0.15, 0.2) is 5.58 Å². The summed E-state index contributed by atoms with van der Waals surface area (Å²) in [6.07, 6.45) is 0. The molecule has 11 rings (SSSR count). The largest absolute Gasteiger partial charge is 0.454 e. The lowest BCUT2D eigenvalue weighted by atomic mass is 9.96. The molecule has 0 N–H and O–H groups in total. The van der Waals surface area contributed by atoms with Gasteiger partial charge in [-0.2, -0.15) is 0 Å². The lowest BCUT2D eigenvalue weighted by Gasteiger charge is -2.26. The smallest absolute Gasteiger partial charge is 0.160 e. The van der Waals surface area contributed by atoms with Crippen LogP contribution in [0.5, 0.6) is 0 Å². The Hall–Kier alpha value is -7.62. The normalized spacial score (nSPS) is 11.5. The Bertz CT molecular complexity index is 3100. The first-order valence-corrected chi connectivity index (χ1v) is 19.4. The molecule has 0 saturated heterocycles. The fourth-order valence-corrected chi connectivity index (χ4v) is 8.51. The Balaban J connectivity index is 1.08. The molecule has 9 aromatic carbocycles. The fraction of sp³-hybridized carbons (Fsp3) is 0. The lowest BCUT2D eigenvalue weighted by Crippen LogP contribution is -2.09. The summed E-state index contributed by atoms with van der Waals surface area (Å²) in [6, 6.07) is 77.9. The number of aromatic nitrogens is 1. The van der Waals surface area contributed by atoms with E-state index in [4.69, 9.17) is 4.42 Å².